The second kappa shape index (κ2) is 5.45. The number of nitrogens with zero attached hydrogens (tertiary/aromatic N) is 2. The summed E-state index contributed by atoms with van der Waals surface area (Å²) in [6.45, 7) is 4.72. The molecule has 1 fully saturated rings. The van der Waals surface area contributed by atoms with Gasteiger partial charge in [-0.1, -0.05) is 26.1 Å². The summed E-state index contributed by atoms with van der Waals surface area (Å²) in [6, 6.07) is 4.55. The minimum absolute atomic E-state index is 0.404. The van der Waals surface area contributed by atoms with E-state index in [1.165, 1.54) is 25.7 Å². The Morgan fingerprint density at radius 1 is 1.37 bits per heavy atom. The normalized spacial score (nSPS) is 19.1. The van der Waals surface area contributed by atoms with Gasteiger partial charge in [0.25, 0.3) is 0 Å². The fraction of sp³-hybridized carbons (Fsp3) is 0.600. The zero-order valence-electron chi connectivity index (χ0n) is 12.0. The van der Waals surface area contributed by atoms with Crippen molar-refractivity contribution >= 4 is 23.0 Å². The van der Waals surface area contributed by atoms with E-state index >= 15 is 0 Å². The zero-order valence-corrected chi connectivity index (χ0v) is 12.8. The summed E-state index contributed by atoms with van der Waals surface area (Å²) in [5, 5.41) is 0. The van der Waals surface area contributed by atoms with Crippen molar-refractivity contribution in [3.63, 3.8) is 0 Å². The number of anilines is 1. The van der Waals surface area contributed by atoms with Crippen LogP contribution in [-0.4, -0.2) is 23.1 Å². The molecule has 0 spiro atoms. The molecule has 4 heteroatoms. The molecule has 1 aromatic heterocycles. The van der Waals surface area contributed by atoms with E-state index in [1.54, 1.807) is 6.20 Å². The summed E-state index contributed by atoms with van der Waals surface area (Å²) in [5.74, 6) is 1.00. The number of thiocarbonyl (C=S) groups is 1. The van der Waals surface area contributed by atoms with E-state index in [9.17, 15) is 0 Å². The highest BCUT2D eigenvalue weighted by molar-refractivity contribution is 7.80. The first-order chi connectivity index (χ1) is 8.89. The Labute approximate surface area is 121 Å². The second-order valence-corrected chi connectivity index (χ2v) is 6.72. The predicted octanol–water partition coefficient (Wildman–Crippen LogP) is 3.12. The SMILES string of the molecule is CN(c1ccc(C(N)=S)cn1)C1CCC(C)(C)CC1. The van der Waals surface area contributed by atoms with E-state index < -0.39 is 0 Å². The van der Waals surface area contributed by atoms with E-state index in [-0.39, 0.29) is 0 Å². The van der Waals surface area contributed by atoms with Gasteiger partial charge in [-0.15, -0.1) is 0 Å². The zero-order chi connectivity index (χ0) is 14.0. The minimum Gasteiger partial charge on any atom is -0.389 e. The molecule has 1 aromatic rings. The lowest BCUT2D eigenvalue weighted by Crippen LogP contribution is -2.37. The highest BCUT2D eigenvalue weighted by atomic mass is 32.1. The van der Waals surface area contributed by atoms with Crippen LogP contribution in [0.2, 0.25) is 0 Å². The molecule has 2 N–H and O–H groups in total. The highest BCUT2D eigenvalue weighted by Crippen LogP contribution is 2.37. The maximum atomic E-state index is 5.59. The summed E-state index contributed by atoms with van der Waals surface area (Å²) in [4.78, 5) is 7.16. The third-order valence-electron chi connectivity index (χ3n) is 4.25. The van der Waals surface area contributed by atoms with Gasteiger partial charge in [-0.2, -0.15) is 0 Å². The molecule has 104 valence electrons. The largest absolute Gasteiger partial charge is 0.389 e. The van der Waals surface area contributed by atoms with Crippen molar-refractivity contribution in [3.05, 3.63) is 23.9 Å². The van der Waals surface area contributed by atoms with E-state index in [0.29, 0.717) is 16.4 Å². The van der Waals surface area contributed by atoms with E-state index in [1.807, 2.05) is 12.1 Å². The molecule has 0 unspecified atom stereocenters. The first-order valence-corrected chi connectivity index (χ1v) is 7.28. The maximum Gasteiger partial charge on any atom is 0.128 e. The lowest BCUT2D eigenvalue weighted by molar-refractivity contribution is 0.222. The number of nitrogens with two attached hydrogens (primary N) is 1. The number of hydrogen-bond acceptors (Lipinski definition) is 3. The van der Waals surface area contributed by atoms with Crippen LogP contribution in [0.3, 0.4) is 0 Å². The van der Waals surface area contributed by atoms with Crippen LogP contribution in [0.4, 0.5) is 5.82 Å². The van der Waals surface area contributed by atoms with Gasteiger partial charge >= 0.3 is 0 Å². The van der Waals surface area contributed by atoms with Gasteiger partial charge in [-0.3, -0.25) is 0 Å². The Hall–Kier alpha value is -1.16. The minimum atomic E-state index is 0.404. The van der Waals surface area contributed by atoms with Gasteiger partial charge in [-0.25, -0.2) is 4.98 Å². The topological polar surface area (TPSA) is 42.1 Å². The van der Waals surface area contributed by atoms with Crippen molar-refractivity contribution in [2.45, 2.75) is 45.6 Å². The number of hydrogen-bond donors (Lipinski definition) is 1. The van der Waals surface area contributed by atoms with E-state index in [2.05, 4.69) is 30.8 Å². The summed E-state index contributed by atoms with van der Waals surface area (Å²) >= 11 is 4.95. The van der Waals surface area contributed by atoms with Gasteiger partial charge in [-0.05, 0) is 43.2 Å². The molecule has 0 radical (unpaired) electrons. The monoisotopic (exact) mass is 277 g/mol. The van der Waals surface area contributed by atoms with Crippen molar-refractivity contribution in [2.24, 2.45) is 11.1 Å². The Kier molecular flexibility index (Phi) is 4.09. The fourth-order valence-electron chi connectivity index (χ4n) is 2.70. The van der Waals surface area contributed by atoms with Crippen LogP contribution >= 0.6 is 12.2 Å². The smallest absolute Gasteiger partial charge is 0.128 e. The van der Waals surface area contributed by atoms with Gasteiger partial charge < -0.3 is 10.6 Å². The summed E-state index contributed by atoms with van der Waals surface area (Å²) in [6.07, 6.45) is 6.81. The van der Waals surface area contributed by atoms with Gasteiger partial charge in [0.15, 0.2) is 0 Å². The number of aromatic nitrogens is 1. The van der Waals surface area contributed by atoms with Gasteiger partial charge in [0.2, 0.25) is 0 Å². The Morgan fingerprint density at radius 3 is 2.47 bits per heavy atom. The third kappa shape index (κ3) is 3.44. The standard InChI is InChI=1S/C15H23N3S/c1-15(2)8-6-12(7-9-15)18(3)13-5-4-11(10-17-13)14(16)19/h4-5,10,12H,6-9H2,1-3H3,(H2,16,19). The molecule has 0 bridgehead atoms. The fourth-order valence-corrected chi connectivity index (χ4v) is 2.82. The van der Waals surface area contributed by atoms with Gasteiger partial charge in [0.1, 0.15) is 10.8 Å². The Morgan fingerprint density at radius 2 is 2.00 bits per heavy atom. The number of pyridine rings is 1. The van der Waals surface area contributed by atoms with Crippen LogP contribution in [0.15, 0.2) is 18.3 Å². The molecule has 0 saturated heterocycles. The van der Waals surface area contributed by atoms with Crippen LogP contribution in [0.1, 0.15) is 45.1 Å². The van der Waals surface area contributed by atoms with Crippen molar-refractivity contribution in [1.82, 2.24) is 4.98 Å². The van der Waals surface area contributed by atoms with E-state index in [0.717, 1.165) is 11.4 Å². The molecule has 2 rings (SSSR count). The quantitative estimate of drug-likeness (QED) is 0.862. The van der Waals surface area contributed by atoms with Crippen molar-refractivity contribution in [1.29, 1.82) is 0 Å². The molecule has 3 nitrogen and oxygen atoms in total. The van der Waals surface area contributed by atoms with Crippen molar-refractivity contribution < 1.29 is 0 Å². The van der Waals surface area contributed by atoms with Crippen LogP contribution in [-0.2, 0) is 0 Å². The molecular weight excluding hydrogens is 254 g/mol. The Balaban J connectivity index is 2.03. The second-order valence-electron chi connectivity index (χ2n) is 6.28. The molecule has 0 atom stereocenters. The molecular formula is C15H23N3S. The lowest BCUT2D eigenvalue weighted by Gasteiger charge is -2.39. The molecule has 1 aliphatic rings. The molecule has 0 amide bonds. The average Bonchev–Trinajstić information content (AvgIpc) is 2.38. The van der Waals surface area contributed by atoms with E-state index in [4.69, 9.17) is 18.0 Å². The summed E-state index contributed by atoms with van der Waals surface area (Å²) in [7, 11) is 2.13. The first kappa shape index (κ1) is 14.3. The molecule has 1 heterocycles. The highest BCUT2D eigenvalue weighted by Gasteiger charge is 2.29. The molecule has 19 heavy (non-hydrogen) atoms. The average molecular weight is 277 g/mol. The van der Waals surface area contributed by atoms with Crippen molar-refractivity contribution in [2.75, 3.05) is 11.9 Å². The first-order valence-electron chi connectivity index (χ1n) is 6.88. The molecule has 0 aliphatic heterocycles. The van der Waals surface area contributed by atoms with Gasteiger partial charge in [0.05, 0.1) is 0 Å². The summed E-state index contributed by atoms with van der Waals surface area (Å²) in [5.41, 5.74) is 6.92. The molecule has 0 aromatic carbocycles. The third-order valence-corrected chi connectivity index (χ3v) is 4.49. The maximum absolute atomic E-state index is 5.59. The van der Waals surface area contributed by atoms with Gasteiger partial charge in [0, 0.05) is 24.8 Å². The van der Waals surface area contributed by atoms with Crippen molar-refractivity contribution in [3.8, 4) is 0 Å². The molecule has 1 aliphatic carbocycles. The van der Waals surface area contributed by atoms with Crippen LogP contribution in [0.25, 0.3) is 0 Å². The van der Waals surface area contributed by atoms with Crippen LogP contribution in [0, 0.1) is 5.41 Å². The summed E-state index contributed by atoms with van der Waals surface area (Å²) < 4.78 is 0. The van der Waals surface area contributed by atoms with Crippen LogP contribution < -0.4 is 10.6 Å². The lowest BCUT2D eigenvalue weighted by atomic mass is 9.75. The molecule has 1 saturated carbocycles. The number of rotatable bonds is 3. The predicted molar refractivity (Wildman–Crippen MR) is 84.6 cm³/mol. The van der Waals surface area contributed by atoms with Crippen LogP contribution in [0.5, 0.6) is 0 Å². The Bertz CT molecular complexity index is 443.